The van der Waals surface area contributed by atoms with E-state index in [1.54, 1.807) is 31.2 Å². The van der Waals surface area contributed by atoms with Gasteiger partial charge in [0.15, 0.2) is 0 Å². The molecule has 0 unspecified atom stereocenters. The molecular formula is C23H17N3O4S2. The first-order valence-electron chi connectivity index (χ1n) is 9.70. The van der Waals surface area contributed by atoms with E-state index in [4.69, 9.17) is 0 Å². The van der Waals surface area contributed by atoms with Crippen LogP contribution in [0.5, 0.6) is 0 Å². The van der Waals surface area contributed by atoms with Gasteiger partial charge in [-0.3, -0.25) is 9.52 Å². The molecule has 5 rings (SSSR count). The van der Waals surface area contributed by atoms with Gasteiger partial charge in [0, 0.05) is 10.4 Å². The lowest BCUT2D eigenvalue weighted by Crippen LogP contribution is -2.33. The van der Waals surface area contributed by atoms with Crippen molar-refractivity contribution in [1.82, 2.24) is 9.55 Å². The topological polar surface area (TPSA) is 101 Å². The van der Waals surface area contributed by atoms with Crippen molar-refractivity contribution in [3.05, 3.63) is 99.2 Å². The summed E-state index contributed by atoms with van der Waals surface area (Å²) < 4.78 is 30.7. The van der Waals surface area contributed by atoms with Gasteiger partial charge >= 0.3 is 5.69 Å². The molecule has 2 heterocycles. The molecule has 0 aliphatic carbocycles. The minimum atomic E-state index is -3.80. The summed E-state index contributed by atoms with van der Waals surface area (Å²) in [4.78, 5) is 28.0. The number of sulfonamides is 1. The largest absolute Gasteiger partial charge is 0.333 e. The Labute approximate surface area is 186 Å². The van der Waals surface area contributed by atoms with Gasteiger partial charge < -0.3 is 4.98 Å². The van der Waals surface area contributed by atoms with E-state index < -0.39 is 21.3 Å². The van der Waals surface area contributed by atoms with Gasteiger partial charge in [-0.1, -0.05) is 30.3 Å². The molecule has 7 nitrogen and oxygen atoms in total. The molecule has 0 fully saturated rings. The maximum Gasteiger partial charge on any atom is 0.333 e. The fourth-order valence-electron chi connectivity index (χ4n) is 3.69. The summed E-state index contributed by atoms with van der Waals surface area (Å²) in [5.41, 5.74) is 0.811. The fraction of sp³-hybridized carbons (Fsp3) is 0.0435. The lowest BCUT2D eigenvalue weighted by atomic mass is 10.2. The zero-order chi connectivity index (χ0) is 22.5. The van der Waals surface area contributed by atoms with Gasteiger partial charge in [0.05, 0.1) is 16.6 Å². The van der Waals surface area contributed by atoms with Crippen LogP contribution in [0.15, 0.2) is 86.6 Å². The van der Waals surface area contributed by atoms with E-state index in [9.17, 15) is 18.0 Å². The zero-order valence-corrected chi connectivity index (χ0v) is 18.5. The summed E-state index contributed by atoms with van der Waals surface area (Å²) in [5, 5.41) is 1.29. The third kappa shape index (κ3) is 3.31. The van der Waals surface area contributed by atoms with E-state index in [0.717, 1.165) is 14.7 Å². The van der Waals surface area contributed by atoms with Gasteiger partial charge in [-0.2, -0.15) is 0 Å². The highest BCUT2D eigenvalue weighted by atomic mass is 32.2. The predicted octanol–water partition coefficient (Wildman–Crippen LogP) is 4.00. The van der Waals surface area contributed by atoms with Crippen LogP contribution in [0, 0.1) is 6.92 Å². The van der Waals surface area contributed by atoms with Crippen molar-refractivity contribution in [2.24, 2.45) is 0 Å². The second-order valence-electron chi connectivity index (χ2n) is 7.28. The number of rotatable bonds is 4. The van der Waals surface area contributed by atoms with E-state index in [2.05, 4.69) is 9.71 Å². The summed E-state index contributed by atoms with van der Waals surface area (Å²) >= 11 is 1.21. The van der Waals surface area contributed by atoms with Crippen LogP contribution in [0.2, 0.25) is 0 Å². The molecule has 9 heteroatoms. The number of aromatic nitrogens is 2. The van der Waals surface area contributed by atoms with Crippen molar-refractivity contribution in [2.45, 2.75) is 11.1 Å². The molecule has 0 saturated carbocycles. The molecule has 0 spiro atoms. The Kier molecular flexibility index (Phi) is 4.72. The summed E-state index contributed by atoms with van der Waals surface area (Å²) in [6.45, 7) is 1.79. The number of hydrogen-bond acceptors (Lipinski definition) is 5. The third-order valence-corrected chi connectivity index (χ3v) is 8.50. The van der Waals surface area contributed by atoms with Crippen molar-refractivity contribution >= 4 is 48.0 Å². The molecule has 160 valence electrons. The van der Waals surface area contributed by atoms with Gasteiger partial charge in [0.25, 0.3) is 15.6 Å². The first-order chi connectivity index (χ1) is 15.3. The lowest BCUT2D eigenvalue weighted by Gasteiger charge is -2.10. The number of fused-ring (bicyclic) bond motifs is 2. The van der Waals surface area contributed by atoms with Gasteiger partial charge in [0.2, 0.25) is 0 Å². The van der Waals surface area contributed by atoms with Gasteiger partial charge in [-0.25, -0.2) is 17.8 Å². The second-order valence-corrected chi connectivity index (χ2v) is 10.2. The van der Waals surface area contributed by atoms with Crippen molar-refractivity contribution in [3.8, 4) is 5.69 Å². The molecule has 2 aromatic heterocycles. The molecule has 0 atom stereocenters. The van der Waals surface area contributed by atoms with Crippen LogP contribution in [0.4, 0.5) is 5.69 Å². The van der Waals surface area contributed by atoms with Crippen LogP contribution in [0.25, 0.3) is 26.7 Å². The molecule has 32 heavy (non-hydrogen) atoms. The van der Waals surface area contributed by atoms with Crippen LogP contribution in [0.3, 0.4) is 0 Å². The van der Waals surface area contributed by atoms with E-state index >= 15 is 0 Å². The minimum absolute atomic E-state index is 0.255. The standard InChI is InChI=1S/C23H17N3O4S2/c1-14-17-6-3-5-9-20(17)31-22(14)32(29,30)25-15-10-12-16(13-11-15)26-21(27)18-7-2-4-8-19(18)24-23(26)28/h2-13,25H,1H3,(H,24,28). The average molecular weight is 464 g/mol. The number of thiophene rings is 1. The molecule has 0 saturated heterocycles. The quantitative estimate of drug-likeness (QED) is 0.421. The Morgan fingerprint density at radius 3 is 2.25 bits per heavy atom. The Balaban J connectivity index is 1.50. The summed E-state index contributed by atoms with van der Waals surface area (Å²) in [6, 6.07) is 20.4. The Morgan fingerprint density at radius 1 is 0.875 bits per heavy atom. The lowest BCUT2D eigenvalue weighted by molar-refractivity contribution is 0.603. The fourth-order valence-corrected chi connectivity index (χ4v) is 6.51. The SMILES string of the molecule is Cc1c(S(=O)(=O)Nc2ccc(-n3c(=O)[nH]c4ccccc4c3=O)cc2)sc2ccccc12. The number of H-pyrrole nitrogens is 1. The van der Waals surface area contributed by atoms with E-state index in [1.165, 1.54) is 35.6 Å². The third-order valence-electron chi connectivity index (χ3n) is 5.23. The number of benzene rings is 3. The number of aromatic amines is 1. The summed E-state index contributed by atoms with van der Waals surface area (Å²) in [7, 11) is -3.80. The molecule has 2 N–H and O–H groups in total. The Hall–Kier alpha value is -3.69. The molecule has 0 radical (unpaired) electrons. The summed E-state index contributed by atoms with van der Waals surface area (Å²) in [6.07, 6.45) is 0. The highest BCUT2D eigenvalue weighted by Crippen LogP contribution is 2.34. The molecule has 0 amide bonds. The highest BCUT2D eigenvalue weighted by Gasteiger charge is 2.22. The maximum absolute atomic E-state index is 13.0. The number of para-hydroxylation sites is 1. The van der Waals surface area contributed by atoms with E-state index in [-0.39, 0.29) is 4.21 Å². The number of anilines is 1. The molecule has 3 aromatic carbocycles. The average Bonchev–Trinajstić information content (AvgIpc) is 3.12. The Morgan fingerprint density at radius 2 is 1.53 bits per heavy atom. The van der Waals surface area contributed by atoms with Crippen LogP contribution in [0.1, 0.15) is 5.56 Å². The first-order valence-corrected chi connectivity index (χ1v) is 12.0. The second kappa shape index (κ2) is 7.47. The van der Waals surface area contributed by atoms with Crippen molar-refractivity contribution in [1.29, 1.82) is 0 Å². The number of hydrogen-bond donors (Lipinski definition) is 2. The normalized spacial score (nSPS) is 11.8. The van der Waals surface area contributed by atoms with E-state index in [1.807, 2.05) is 24.3 Å². The maximum atomic E-state index is 13.0. The number of nitrogens with zero attached hydrogens (tertiary/aromatic N) is 1. The Bertz CT molecular complexity index is 1710. The minimum Gasteiger partial charge on any atom is -0.306 e. The van der Waals surface area contributed by atoms with Gasteiger partial charge in [-0.05, 0) is 60.3 Å². The monoisotopic (exact) mass is 463 g/mol. The summed E-state index contributed by atoms with van der Waals surface area (Å²) in [5.74, 6) is 0. The van der Waals surface area contributed by atoms with Crippen molar-refractivity contribution in [3.63, 3.8) is 0 Å². The van der Waals surface area contributed by atoms with Crippen molar-refractivity contribution < 1.29 is 8.42 Å². The first kappa shape index (κ1) is 20.2. The number of aryl methyl sites for hydroxylation is 1. The van der Waals surface area contributed by atoms with E-state index in [0.29, 0.717) is 27.8 Å². The zero-order valence-electron chi connectivity index (χ0n) is 16.8. The molecular weight excluding hydrogens is 446 g/mol. The number of nitrogens with one attached hydrogen (secondary N) is 2. The van der Waals surface area contributed by atoms with Gasteiger partial charge in [0.1, 0.15) is 4.21 Å². The van der Waals surface area contributed by atoms with Crippen LogP contribution in [-0.4, -0.2) is 18.0 Å². The predicted molar refractivity (Wildman–Crippen MR) is 128 cm³/mol. The van der Waals surface area contributed by atoms with Gasteiger partial charge in [-0.15, -0.1) is 11.3 Å². The highest BCUT2D eigenvalue weighted by molar-refractivity contribution is 7.94. The van der Waals surface area contributed by atoms with Crippen LogP contribution >= 0.6 is 11.3 Å². The van der Waals surface area contributed by atoms with Crippen LogP contribution in [-0.2, 0) is 10.0 Å². The smallest absolute Gasteiger partial charge is 0.306 e. The molecule has 0 bridgehead atoms. The molecule has 0 aliphatic rings. The molecule has 0 aliphatic heterocycles. The van der Waals surface area contributed by atoms with Crippen molar-refractivity contribution in [2.75, 3.05) is 4.72 Å². The van der Waals surface area contributed by atoms with Crippen LogP contribution < -0.4 is 16.0 Å². The molecule has 5 aromatic rings.